The summed E-state index contributed by atoms with van der Waals surface area (Å²) in [6, 6.07) is 4.71. The number of carbonyl (C=O) groups excluding carboxylic acids is 1. The number of aromatic nitrogens is 2. The van der Waals surface area contributed by atoms with Crippen molar-refractivity contribution in [3.63, 3.8) is 0 Å². The number of halogens is 1. The minimum Gasteiger partial charge on any atom is -0.465 e. The number of fused-ring (bicyclic) bond motifs is 1. The summed E-state index contributed by atoms with van der Waals surface area (Å²) in [6.07, 6.45) is 0. The van der Waals surface area contributed by atoms with E-state index in [1.165, 1.54) is 13.2 Å². The molecule has 6 heteroatoms. The Morgan fingerprint density at radius 3 is 2.94 bits per heavy atom. The van der Waals surface area contributed by atoms with Crippen molar-refractivity contribution < 1.29 is 9.53 Å². The number of nitrogens with zero attached hydrogens (tertiary/aromatic N) is 1. The molecule has 2 aromatic rings. The average molecular weight is 239 g/mol. The molecule has 1 aromatic carbocycles. The lowest BCUT2D eigenvalue weighted by molar-refractivity contribution is 0.0603. The first-order valence-electron chi connectivity index (χ1n) is 4.40. The van der Waals surface area contributed by atoms with Gasteiger partial charge in [0.05, 0.1) is 23.6 Å². The van der Waals surface area contributed by atoms with Crippen LogP contribution in [0.2, 0.25) is 5.28 Å². The van der Waals surface area contributed by atoms with Crippen LogP contribution in [0, 0.1) is 0 Å². The van der Waals surface area contributed by atoms with Gasteiger partial charge >= 0.3 is 5.97 Å². The van der Waals surface area contributed by atoms with Crippen LogP contribution in [0.25, 0.3) is 10.9 Å². The number of benzene rings is 1. The molecule has 0 aliphatic carbocycles. The maximum atomic E-state index is 11.7. The van der Waals surface area contributed by atoms with Gasteiger partial charge in [0.2, 0.25) is 5.28 Å². The zero-order valence-electron chi connectivity index (χ0n) is 8.28. The fourth-order valence-electron chi connectivity index (χ4n) is 1.44. The van der Waals surface area contributed by atoms with Gasteiger partial charge < -0.3 is 4.74 Å². The smallest absolute Gasteiger partial charge is 0.338 e. The molecular formula is C10H7ClN2O3. The number of methoxy groups -OCH3 is 1. The number of esters is 1. The van der Waals surface area contributed by atoms with Crippen LogP contribution >= 0.6 is 11.6 Å². The van der Waals surface area contributed by atoms with Crippen molar-refractivity contribution in [2.75, 3.05) is 7.11 Å². The van der Waals surface area contributed by atoms with Gasteiger partial charge in [-0.2, -0.15) is 0 Å². The Labute approximate surface area is 95.0 Å². The van der Waals surface area contributed by atoms with E-state index >= 15 is 0 Å². The van der Waals surface area contributed by atoms with Crippen LogP contribution in [0.3, 0.4) is 0 Å². The molecule has 2 rings (SSSR count). The topological polar surface area (TPSA) is 72.0 Å². The summed E-state index contributed by atoms with van der Waals surface area (Å²) >= 11 is 5.61. The van der Waals surface area contributed by atoms with Gasteiger partial charge in [-0.3, -0.25) is 9.78 Å². The number of nitrogens with one attached hydrogen (secondary N) is 1. The summed E-state index contributed by atoms with van der Waals surface area (Å²) in [7, 11) is 1.25. The number of carbonyl (C=O) groups is 1. The van der Waals surface area contributed by atoms with Gasteiger partial charge in [-0.15, -0.1) is 0 Å². The quantitative estimate of drug-likeness (QED) is 0.602. The second kappa shape index (κ2) is 3.94. The molecule has 0 saturated heterocycles. The predicted octanol–water partition coefficient (Wildman–Crippen LogP) is 1.36. The van der Waals surface area contributed by atoms with E-state index in [0.29, 0.717) is 5.52 Å². The molecule has 5 nitrogen and oxygen atoms in total. The van der Waals surface area contributed by atoms with Crippen LogP contribution in [-0.2, 0) is 4.74 Å². The molecule has 0 unspecified atom stereocenters. The van der Waals surface area contributed by atoms with E-state index in [0.717, 1.165) is 0 Å². The molecule has 0 atom stereocenters. The van der Waals surface area contributed by atoms with E-state index in [1.54, 1.807) is 12.1 Å². The van der Waals surface area contributed by atoms with Gasteiger partial charge in [0.25, 0.3) is 5.56 Å². The maximum Gasteiger partial charge on any atom is 0.338 e. The molecule has 1 N–H and O–H groups in total. The second-order valence-corrected chi connectivity index (χ2v) is 3.41. The van der Waals surface area contributed by atoms with Gasteiger partial charge in [-0.1, -0.05) is 6.07 Å². The van der Waals surface area contributed by atoms with E-state index in [-0.39, 0.29) is 16.2 Å². The van der Waals surface area contributed by atoms with Crippen LogP contribution in [0.5, 0.6) is 0 Å². The number of hydrogen-bond donors (Lipinski definition) is 1. The predicted molar refractivity (Wildman–Crippen MR) is 58.7 cm³/mol. The first-order valence-corrected chi connectivity index (χ1v) is 4.78. The van der Waals surface area contributed by atoms with Crippen molar-refractivity contribution >= 4 is 28.5 Å². The third kappa shape index (κ3) is 1.65. The van der Waals surface area contributed by atoms with Crippen LogP contribution in [0.1, 0.15) is 10.4 Å². The zero-order chi connectivity index (χ0) is 11.7. The van der Waals surface area contributed by atoms with Gasteiger partial charge in [0, 0.05) is 0 Å². The molecule has 1 heterocycles. The molecule has 0 amide bonds. The van der Waals surface area contributed by atoms with Crippen LogP contribution in [0.4, 0.5) is 0 Å². The highest BCUT2D eigenvalue weighted by Crippen LogP contribution is 2.14. The van der Waals surface area contributed by atoms with Crippen LogP contribution in [-0.4, -0.2) is 23.0 Å². The lowest BCUT2D eigenvalue weighted by atomic mass is 10.1. The molecule has 0 aliphatic heterocycles. The molecule has 82 valence electrons. The summed E-state index contributed by atoms with van der Waals surface area (Å²) in [4.78, 5) is 29.3. The highest BCUT2D eigenvalue weighted by molar-refractivity contribution is 6.28. The van der Waals surface area contributed by atoms with Crippen LogP contribution in [0.15, 0.2) is 23.0 Å². The largest absolute Gasteiger partial charge is 0.465 e. The van der Waals surface area contributed by atoms with Crippen molar-refractivity contribution in [2.45, 2.75) is 0 Å². The Kier molecular flexibility index (Phi) is 2.62. The summed E-state index contributed by atoms with van der Waals surface area (Å²) in [5, 5.41) is 0.165. The van der Waals surface area contributed by atoms with Gasteiger partial charge in [-0.05, 0) is 23.7 Å². The van der Waals surface area contributed by atoms with E-state index in [1.807, 2.05) is 0 Å². The highest BCUT2D eigenvalue weighted by atomic mass is 35.5. The van der Waals surface area contributed by atoms with Crippen molar-refractivity contribution in [1.82, 2.24) is 9.97 Å². The second-order valence-electron chi connectivity index (χ2n) is 3.05. The van der Waals surface area contributed by atoms with E-state index < -0.39 is 11.5 Å². The third-order valence-corrected chi connectivity index (χ3v) is 2.29. The van der Waals surface area contributed by atoms with Crippen molar-refractivity contribution in [1.29, 1.82) is 0 Å². The number of H-pyrrole nitrogens is 1. The molecule has 0 saturated carbocycles. The first kappa shape index (κ1) is 10.6. The van der Waals surface area contributed by atoms with Gasteiger partial charge in [0.15, 0.2) is 0 Å². The monoisotopic (exact) mass is 238 g/mol. The lowest BCUT2D eigenvalue weighted by Gasteiger charge is -2.03. The number of hydrogen-bond acceptors (Lipinski definition) is 4. The van der Waals surface area contributed by atoms with E-state index in [4.69, 9.17) is 11.6 Å². The molecule has 1 aromatic heterocycles. The summed E-state index contributed by atoms with van der Waals surface area (Å²) in [5.74, 6) is -0.583. The standard InChI is InChI=1S/C10H7ClN2O3/c1-16-9(15)5-3-2-4-6-7(5)8(14)13-10(11)12-6/h2-4H,1H3,(H,12,13,14). The highest BCUT2D eigenvalue weighted by Gasteiger charge is 2.14. The fourth-order valence-corrected chi connectivity index (χ4v) is 1.62. The molecule has 0 aliphatic rings. The zero-order valence-corrected chi connectivity index (χ0v) is 9.04. The average Bonchev–Trinajstić information content (AvgIpc) is 2.26. The Balaban J connectivity index is 2.87. The molecule has 0 fully saturated rings. The fraction of sp³-hybridized carbons (Fsp3) is 0.100. The van der Waals surface area contributed by atoms with Crippen molar-refractivity contribution in [2.24, 2.45) is 0 Å². The normalized spacial score (nSPS) is 10.4. The minimum absolute atomic E-state index is 0.0143. The molecule has 0 spiro atoms. The van der Waals surface area contributed by atoms with Crippen LogP contribution < -0.4 is 5.56 Å². The number of rotatable bonds is 1. The number of ether oxygens (including phenoxy) is 1. The molecule has 0 radical (unpaired) electrons. The minimum atomic E-state index is -0.583. The van der Waals surface area contributed by atoms with Crippen molar-refractivity contribution in [3.8, 4) is 0 Å². The molecule has 0 bridgehead atoms. The van der Waals surface area contributed by atoms with Gasteiger partial charge in [-0.25, -0.2) is 9.78 Å². The van der Waals surface area contributed by atoms with E-state index in [9.17, 15) is 9.59 Å². The SMILES string of the molecule is COC(=O)c1cccc2nc(Cl)[nH]c(=O)c12. The summed E-state index contributed by atoms with van der Waals surface area (Å²) in [5.41, 5.74) is 0.0677. The molecule has 16 heavy (non-hydrogen) atoms. The first-order chi connectivity index (χ1) is 7.63. The summed E-state index contributed by atoms with van der Waals surface area (Å²) in [6.45, 7) is 0. The molecular weight excluding hydrogens is 232 g/mol. The lowest BCUT2D eigenvalue weighted by Crippen LogP contribution is -2.13. The Morgan fingerprint density at radius 1 is 1.50 bits per heavy atom. The van der Waals surface area contributed by atoms with Crippen molar-refractivity contribution in [3.05, 3.63) is 39.4 Å². The third-order valence-electron chi connectivity index (χ3n) is 2.11. The maximum absolute atomic E-state index is 11.7. The summed E-state index contributed by atoms with van der Waals surface area (Å²) < 4.78 is 4.58. The Hall–Kier alpha value is -1.88. The number of aromatic amines is 1. The van der Waals surface area contributed by atoms with E-state index in [2.05, 4.69) is 14.7 Å². The van der Waals surface area contributed by atoms with Gasteiger partial charge in [0.1, 0.15) is 0 Å². The Bertz CT molecular complexity index is 621. The Morgan fingerprint density at radius 2 is 2.25 bits per heavy atom.